The Morgan fingerprint density at radius 2 is 1.89 bits per heavy atom. The molecule has 1 atom stereocenters. The number of rotatable bonds is 5. The topological polar surface area (TPSA) is 91.0 Å². The van der Waals surface area contributed by atoms with Crippen molar-refractivity contribution in [2.45, 2.75) is 20.0 Å². The summed E-state index contributed by atoms with van der Waals surface area (Å²) in [7, 11) is 0. The lowest BCUT2D eigenvalue weighted by atomic mass is 10.2. The molecule has 0 aliphatic carbocycles. The van der Waals surface area contributed by atoms with Crippen LogP contribution in [-0.2, 0) is 4.74 Å². The molecule has 0 saturated carbocycles. The maximum absolute atomic E-state index is 12.6. The molecule has 0 fully saturated rings. The first kappa shape index (κ1) is 18.0. The summed E-state index contributed by atoms with van der Waals surface area (Å²) in [5, 5.41) is 4.69. The lowest BCUT2D eigenvalue weighted by Crippen LogP contribution is -2.09. The third-order valence-corrected chi connectivity index (χ3v) is 5.18. The number of carbonyl (C=O) groups is 1. The molecule has 0 aliphatic heterocycles. The van der Waals surface area contributed by atoms with Crippen molar-refractivity contribution in [2.75, 3.05) is 0 Å². The Balaban J connectivity index is 1.50. The van der Waals surface area contributed by atoms with Crippen LogP contribution in [-0.4, -0.2) is 26.1 Å². The minimum Gasteiger partial charge on any atom is -0.448 e. The molecule has 0 saturated heterocycles. The first-order chi connectivity index (χ1) is 13.6. The largest absolute Gasteiger partial charge is 0.448 e. The second kappa shape index (κ2) is 7.69. The van der Waals surface area contributed by atoms with Crippen molar-refractivity contribution in [3.63, 3.8) is 0 Å². The van der Waals surface area contributed by atoms with Gasteiger partial charge in [-0.05, 0) is 26.0 Å². The molecule has 140 valence electrons. The molecule has 0 amide bonds. The van der Waals surface area contributed by atoms with E-state index in [2.05, 4.69) is 20.1 Å². The zero-order valence-corrected chi connectivity index (χ0v) is 16.0. The van der Waals surface area contributed by atoms with Gasteiger partial charge in [0.25, 0.3) is 5.89 Å². The third-order valence-electron chi connectivity index (χ3n) is 4.00. The average Bonchev–Trinajstić information content (AvgIpc) is 3.36. The van der Waals surface area contributed by atoms with Gasteiger partial charge in [-0.15, -0.1) is 11.3 Å². The smallest absolute Gasteiger partial charge is 0.351 e. The third kappa shape index (κ3) is 3.67. The first-order valence-corrected chi connectivity index (χ1v) is 9.41. The van der Waals surface area contributed by atoms with Crippen LogP contribution in [0.1, 0.15) is 34.3 Å². The Kier molecular flexibility index (Phi) is 4.94. The van der Waals surface area contributed by atoms with Crippen LogP contribution in [0.15, 0.2) is 59.4 Å². The lowest BCUT2D eigenvalue weighted by molar-refractivity contribution is 0.0270. The van der Waals surface area contributed by atoms with Crippen molar-refractivity contribution >= 4 is 17.3 Å². The number of thiazole rings is 1. The summed E-state index contributed by atoms with van der Waals surface area (Å²) in [5.74, 6) is 0.148. The molecule has 3 heterocycles. The Hall–Kier alpha value is -3.39. The molecule has 0 bridgehead atoms. The van der Waals surface area contributed by atoms with Crippen LogP contribution in [0.3, 0.4) is 0 Å². The Morgan fingerprint density at radius 3 is 2.64 bits per heavy atom. The minimum atomic E-state index is -0.688. The van der Waals surface area contributed by atoms with E-state index < -0.39 is 12.1 Å². The standard InChI is InChI=1S/C20H16N4O3S/c1-12-16(28-19(22-12)14-7-4-3-5-8-14)20(25)26-13(2)18-23-17(24-27-18)15-9-6-10-21-11-15/h3-11,13H,1-2H3. The molecule has 3 aromatic heterocycles. The highest BCUT2D eigenvalue weighted by Gasteiger charge is 2.23. The van der Waals surface area contributed by atoms with E-state index in [4.69, 9.17) is 9.26 Å². The van der Waals surface area contributed by atoms with Crippen LogP contribution in [0.5, 0.6) is 0 Å². The fraction of sp³-hybridized carbons (Fsp3) is 0.150. The summed E-state index contributed by atoms with van der Waals surface area (Å²) in [6.07, 6.45) is 2.61. The van der Waals surface area contributed by atoms with E-state index >= 15 is 0 Å². The van der Waals surface area contributed by atoms with Gasteiger partial charge < -0.3 is 9.26 Å². The number of pyridine rings is 1. The number of ether oxygens (including phenoxy) is 1. The molecule has 0 spiro atoms. The van der Waals surface area contributed by atoms with Crippen molar-refractivity contribution in [1.82, 2.24) is 20.1 Å². The van der Waals surface area contributed by atoms with Gasteiger partial charge in [0.05, 0.1) is 5.69 Å². The van der Waals surface area contributed by atoms with E-state index in [0.717, 1.165) is 16.1 Å². The first-order valence-electron chi connectivity index (χ1n) is 8.59. The van der Waals surface area contributed by atoms with Crippen LogP contribution >= 0.6 is 11.3 Å². The van der Waals surface area contributed by atoms with Crippen LogP contribution in [0, 0.1) is 6.92 Å². The summed E-state index contributed by atoms with van der Waals surface area (Å²) < 4.78 is 10.8. The van der Waals surface area contributed by atoms with E-state index in [1.165, 1.54) is 11.3 Å². The molecular formula is C20H16N4O3S. The fourth-order valence-corrected chi connectivity index (χ4v) is 3.52. The molecule has 0 radical (unpaired) electrons. The summed E-state index contributed by atoms with van der Waals surface area (Å²) in [5.41, 5.74) is 2.31. The van der Waals surface area contributed by atoms with Gasteiger partial charge in [-0.1, -0.05) is 35.5 Å². The minimum absolute atomic E-state index is 0.220. The average molecular weight is 392 g/mol. The summed E-state index contributed by atoms with van der Waals surface area (Å²) in [6.45, 7) is 3.48. The highest BCUT2D eigenvalue weighted by atomic mass is 32.1. The molecule has 0 aliphatic rings. The van der Waals surface area contributed by atoms with Crippen molar-refractivity contribution in [1.29, 1.82) is 0 Å². The Bertz CT molecular complexity index is 1090. The van der Waals surface area contributed by atoms with Gasteiger partial charge in [-0.3, -0.25) is 4.98 Å². The Morgan fingerprint density at radius 1 is 1.11 bits per heavy atom. The zero-order valence-electron chi connectivity index (χ0n) is 15.2. The summed E-state index contributed by atoms with van der Waals surface area (Å²) >= 11 is 1.30. The number of nitrogens with zero attached hydrogens (tertiary/aromatic N) is 4. The molecule has 28 heavy (non-hydrogen) atoms. The maximum Gasteiger partial charge on any atom is 0.351 e. The van der Waals surface area contributed by atoms with E-state index in [1.807, 2.05) is 36.4 Å². The van der Waals surface area contributed by atoms with Crippen molar-refractivity contribution in [2.24, 2.45) is 0 Å². The van der Waals surface area contributed by atoms with Gasteiger partial charge in [-0.2, -0.15) is 4.98 Å². The number of aromatic nitrogens is 4. The molecule has 8 heteroatoms. The maximum atomic E-state index is 12.6. The molecular weight excluding hydrogens is 376 g/mol. The number of hydrogen-bond donors (Lipinski definition) is 0. The van der Waals surface area contributed by atoms with Gasteiger partial charge >= 0.3 is 5.97 Å². The normalized spacial score (nSPS) is 11.9. The van der Waals surface area contributed by atoms with Gasteiger partial charge in [0, 0.05) is 23.5 Å². The van der Waals surface area contributed by atoms with Gasteiger partial charge in [0.1, 0.15) is 9.88 Å². The lowest BCUT2D eigenvalue weighted by Gasteiger charge is -2.07. The van der Waals surface area contributed by atoms with Gasteiger partial charge in [0.2, 0.25) is 5.82 Å². The number of aryl methyl sites for hydroxylation is 1. The number of benzene rings is 1. The number of esters is 1. The highest BCUT2D eigenvalue weighted by Crippen LogP contribution is 2.29. The summed E-state index contributed by atoms with van der Waals surface area (Å²) in [4.78, 5) is 25.9. The highest BCUT2D eigenvalue weighted by molar-refractivity contribution is 7.17. The van der Waals surface area contributed by atoms with Crippen molar-refractivity contribution in [3.05, 3.63) is 71.3 Å². The number of hydrogen-bond acceptors (Lipinski definition) is 8. The molecule has 4 rings (SSSR count). The second-order valence-electron chi connectivity index (χ2n) is 6.05. The SMILES string of the molecule is Cc1nc(-c2ccccc2)sc1C(=O)OC(C)c1nc(-c2cccnc2)no1. The van der Waals surface area contributed by atoms with E-state index in [0.29, 0.717) is 16.4 Å². The molecule has 0 N–H and O–H groups in total. The predicted octanol–water partition coefficient (Wildman–Crippen LogP) is 4.48. The monoisotopic (exact) mass is 392 g/mol. The molecule has 4 aromatic rings. The van der Waals surface area contributed by atoms with Crippen LogP contribution < -0.4 is 0 Å². The Labute approximate surface area is 165 Å². The summed E-state index contributed by atoms with van der Waals surface area (Å²) in [6, 6.07) is 13.3. The molecule has 7 nitrogen and oxygen atoms in total. The van der Waals surface area contributed by atoms with Gasteiger partial charge in [0.15, 0.2) is 6.10 Å². The fourth-order valence-electron chi connectivity index (χ4n) is 2.57. The quantitative estimate of drug-likeness (QED) is 0.462. The predicted molar refractivity (Wildman–Crippen MR) is 104 cm³/mol. The van der Waals surface area contributed by atoms with Crippen LogP contribution in [0.2, 0.25) is 0 Å². The van der Waals surface area contributed by atoms with Crippen LogP contribution in [0.4, 0.5) is 0 Å². The van der Waals surface area contributed by atoms with E-state index in [9.17, 15) is 4.79 Å². The zero-order chi connectivity index (χ0) is 19.5. The molecule has 1 unspecified atom stereocenters. The van der Waals surface area contributed by atoms with Crippen molar-refractivity contribution in [3.8, 4) is 22.0 Å². The van der Waals surface area contributed by atoms with Gasteiger partial charge in [-0.25, -0.2) is 9.78 Å². The van der Waals surface area contributed by atoms with Crippen molar-refractivity contribution < 1.29 is 14.1 Å². The van der Waals surface area contributed by atoms with Crippen LogP contribution in [0.25, 0.3) is 22.0 Å². The second-order valence-corrected chi connectivity index (χ2v) is 7.04. The van der Waals surface area contributed by atoms with E-state index in [-0.39, 0.29) is 5.89 Å². The molecule has 1 aromatic carbocycles. The number of carbonyl (C=O) groups excluding carboxylic acids is 1. The van der Waals surface area contributed by atoms with E-state index in [1.54, 1.807) is 32.3 Å².